The monoisotopic (exact) mass is 280 g/mol. The third kappa shape index (κ3) is 3.66. The molecule has 2 rings (SSSR count). The van der Waals surface area contributed by atoms with E-state index in [0.29, 0.717) is 16.9 Å². The van der Waals surface area contributed by atoms with Crippen LogP contribution in [0.2, 0.25) is 0 Å². The van der Waals surface area contributed by atoms with Gasteiger partial charge in [-0.15, -0.1) is 0 Å². The maximum atomic E-state index is 11.5. The lowest BCUT2D eigenvalue weighted by Crippen LogP contribution is -2.10. The second-order valence-electron chi connectivity index (χ2n) is 4.23. The SMILES string of the molecule is CCCc1cc(=O)[nH]c(S[C@@H](C)c2nc(C)no2)n1. The van der Waals surface area contributed by atoms with Gasteiger partial charge in [0.15, 0.2) is 11.0 Å². The van der Waals surface area contributed by atoms with E-state index < -0.39 is 0 Å². The molecule has 0 aliphatic rings. The third-order valence-electron chi connectivity index (χ3n) is 2.46. The molecule has 0 aromatic carbocycles. The first-order chi connectivity index (χ1) is 9.08. The van der Waals surface area contributed by atoms with Crippen LogP contribution in [0.15, 0.2) is 20.5 Å². The van der Waals surface area contributed by atoms with Crippen LogP contribution in [0, 0.1) is 6.92 Å². The minimum atomic E-state index is -0.130. The minimum Gasteiger partial charge on any atom is -0.338 e. The zero-order valence-corrected chi connectivity index (χ0v) is 12.0. The predicted octanol–water partition coefficient (Wildman–Crippen LogP) is 2.27. The van der Waals surface area contributed by atoms with Gasteiger partial charge >= 0.3 is 0 Å². The molecule has 0 spiro atoms. The van der Waals surface area contributed by atoms with Crippen molar-refractivity contribution in [2.45, 2.75) is 44.0 Å². The van der Waals surface area contributed by atoms with Crippen LogP contribution in [-0.4, -0.2) is 20.1 Å². The lowest BCUT2D eigenvalue weighted by atomic mass is 10.2. The molecule has 1 N–H and O–H groups in total. The van der Waals surface area contributed by atoms with Crippen LogP contribution in [0.25, 0.3) is 0 Å². The number of rotatable bonds is 5. The van der Waals surface area contributed by atoms with Gasteiger partial charge < -0.3 is 9.51 Å². The van der Waals surface area contributed by atoms with Crippen LogP contribution in [0.5, 0.6) is 0 Å². The second kappa shape index (κ2) is 6.01. The fraction of sp³-hybridized carbons (Fsp3) is 0.500. The van der Waals surface area contributed by atoms with Crippen molar-refractivity contribution in [2.75, 3.05) is 0 Å². The predicted molar refractivity (Wildman–Crippen MR) is 72.2 cm³/mol. The van der Waals surface area contributed by atoms with Crippen molar-refractivity contribution >= 4 is 11.8 Å². The summed E-state index contributed by atoms with van der Waals surface area (Å²) < 4.78 is 5.10. The van der Waals surface area contributed by atoms with Gasteiger partial charge in [-0.3, -0.25) is 4.79 Å². The Balaban J connectivity index is 2.16. The van der Waals surface area contributed by atoms with Gasteiger partial charge in [0.2, 0.25) is 5.89 Å². The van der Waals surface area contributed by atoms with E-state index in [2.05, 4.69) is 27.0 Å². The highest BCUT2D eigenvalue weighted by molar-refractivity contribution is 7.99. The molecule has 0 amide bonds. The molecule has 6 nitrogen and oxygen atoms in total. The van der Waals surface area contributed by atoms with Gasteiger partial charge in [-0.2, -0.15) is 4.98 Å². The van der Waals surface area contributed by atoms with E-state index in [0.717, 1.165) is 18.5 Å². The number of nitrogens with zero attached hydrogens (tertiary/aromatic N) is 3. The van der Waals surface area contributed by atoms with Crippen LogP contribution in [0.3, 0.4) is 0 Å². The molecule has 19 heavy (non-hydrogen) atoms. The fourth-order valence-electron chi connectivity index (χ4n) is 1.62. The van der Waals surface area contributed by atoms with Crippen LogP contribution in [0.1, 0.15) is 42.9 Å². The lowest BCUT2D eigenvalue weighted by Gasteiger charge is -2.06. The molecule has 7 heteroatoms. The fourth-order valence-corrected chi connectivity index (χ4v) is 2.48. The Morgan fingerprint density at radius 3 is 2.89 bits per heavy atom. The normalized spacial score (nSPS) is 12.6. The summed E-state index contributed by atoms with van der Waals surface area (Å²) in [4.78, 5) is 22.9. The first-order valence-electron chi connectivity index (χ1n) is 6.15. The smallest absolute Gasteiger partial charge is 0.251 e. The summed E-state index contributed by atoms with van der Waals surface area (Å²) >= 11 is 1.40. The van der Waals surface area contributed by atoms with Crippen molar-refractivity contribution in [3.05, 3.63) is 33.8 Å². The molecule has 0 radical (unpaired) electrons. The Bertz CT molecular complexity index is 608. The number of aromatic nitrogens is 4. The summed E-state index contributed by atoms with van der Waals surface area (Å²) in [6.45, 7) is 5.76. The largest absolute Gasteiger partial charge is 0.338 e. The molecular formula is C12H16N4O2S. The maximum absolute atomic E-state index is 11.5. The molecule has 2 aromatic rings. The van der Waals surface area contributed by atoms with Gasteiger partial charge in [-0.25, -0.2) is 4.98 Å². The number of hydrogen-bond acceptors (Lipinski definition) is 6. The molecule has 2 aromatic heterocycles. The van der Waals surface area contributed by atoms with Crippen molar-refractivity contribution < 1.29 is 4.52 Å². The Labute approximate surface area is 115 Å². The van der Waals surface area contributed by atoms with Crippen molar-refractivity contribution in [1.82, 2.24) is 20.1 Å². The number of hydrogen-bond donors (Lipinski definition) is 1. The summed E-state index contributed by atoms with van der Waals surface area (Å²) in [5.41, 5.74) is 0.678. The molecule has 0 unspecified atom stereocenters. The lowest BCUT2D eigenvalue weighted by molar-refractivity contribution is 0.376. The number of H-pyrrole nitrogens is 1. The van der Waals surface area contributed by atoms with E-state index in [9.17, 15) is 4.79 Å². The summed E-state index contributed by atoms with van der Waals surface area (Å²) in [5.74, 6) is 1.13. The Morgan fingerprint density at radius 2 is 2.26 bits per heavy atom. The van der Waals surface area contributed by atoms with Crippen molar-refractivity contribution in [3.63, 3.8) is 0 Å². The number of aromatic amines is 1. The van der Waals surface area contributed by atoms with Crippen LogP contribution < -0.4 is 5.56 Å². The van der Waals surface area contributed by atoms with Crippen molar-refractivity contribution in [1.29, 1.82) is 0 Å². The van der Waals surface area contributed by atoms with Crippen LogP contribution in [-0.2, 0) is 6.42 Å². The molecule has 0 saturated carbocycles. The van der Waals surface area contributed by atoms with E-state index in [1.165, 1.54) is 17.8 Å². The van der Waals surface area contributed by atoms with Gasteiger partial charge in [0.1, 0.15) is 0 Å². The van der Waals surface area contributed by atoms with Crippen LogP contribution in [0.4, 0.5) is 0 Å². The molecule has 0 fully saturated rings. The van der Waals surface area contributed by atoms with Crippen molar-refractivity contribution in [3.8, 4) is 0 Å². The summed E-state index contributed by atoms with van der Waals surface area (Å²) in [6, 6.07) is 1.54. The van der Waals surface area contributed by atoms with Crippen molar-refractivity contribution in [2.24, 2.45) is 0 Å². The van der Waals surface area contributed by atoms with Gasteiger partial charge in [-0.1, -0.05) is 30.3 Å². The summed E-state index contributed by atoms with van der Waals surface area (Å²) in [7, 11) is 0. The van der Waals surface area contributed by atoms with Gasteiger partial charge in [-0.05, 0) is 20.3 Å². The highest BCUT2D eigenvalue weighted by Gasteiger charge is 2.16. The van der Waals surface area contributed by atoms with E-state index in [1.807, 2.05) is 6.92 Å². The topological polar surface area (TPSA) is 84.7 Å². The molecule has 0 aliphatic heterocycles. The van der Waals surface area contributed by atoms with E-state index in [1.54, 1.807) is 6.92 Å². The quantitative estimate of drug-likeness (QED) is 0.668. The summed E-state index contributed by atoms with van der Waals surface area (Å²) in [5, 5.41) is 4.28. The molecule has 1 atom stereocenters. The van der Waals surface area contributed by atoms with Gasteiger partial charge in [0.25, 0.3) is 5.56 Å². The Kier molecular flexibility index (Phi) is 4.36. The second-order valence-corrected chi connectivity index (χ2v) is 5.56. The summed E-state index contributed by atoms with van der Waals surface area (Å²) in [6.07, 6.45) is 1.75. The number of thioether (sulfide) groups is 1. The van der Waals surface area contributed by atoms with E-state index in [4.69, 9.17) is 4.52 Å². The zero-order chi connectivity index (χ0) is 13.8. The van der Waals surface area contributed by atoms with E-state index in [-0.39, 0.29) is 10.8 Å². The van der Waals surface area contributed by atoms with Crippen LogP contribution >= 0.6 is 11.8 Å². The zero-order valence-electron chi connectivity index (χ0n) is 11.1. The third-order valence-corrected chi connectivity index (χ3v) is 3.43. The molecule has 2 heterocycles. The van der Waals surface area contributed by atoms with E-state index >= 15 is 0 Å². The number of nitrogens with one attached hydrogen (secondary N) is 1. The first kappa shape index (κ1) is 13.8. The van der Waals surface area contributed by atoms with Gasteiger partial charge in [0, 0.05) is 11.8 Å². The molecule has 0 aliphatic carbocycles. The number of aryl methyl sites for hydroxylation is 2. The van der Waals surface area contributed by atoms with Gasteiger partial charge in [0.05, 0.1) is 5.25 Å². The minimum absolute atomic E-state index is 0.0544. The highest BCUT2D eigenvalue weighted by atomic mass is 32.2. The molecule has 102 valence electrons. The molecule has 0 saturated heterocycles. The average Bonchev–Trinajstić information content (AvgIpc) is 2.75. The molecular weight excluding hydrogens is 264 g/mol. The highest BCUT2D eigenvalue weighted by Crippen LogP contribution is 2.31. The molecule has 0 bridgehead atoms. The first-order valence-corrected chi connectivity index (χ1v) is 7.03. The standard InChI is InChI=1S/C12H16N4O2S/c1-4-5-9-6-10(17)15-12(14-9)19-7(2)11-13-8(3)16-18-11/h6-7H,4-5H2,1-3H3,(H,14,15,17)/t7-/m0/s1. The Hall–Kier alpha value is -1.63. The Morgan fingerprint density at radius 1 is 1.47 bits per heavy atom. The average molecular weight is 280 g/mol. The maximum Gasteiger partial charge on any atom is 0.251 e.